The largest absolute Gasteiger partial charge is 0.476 e. The van der Waals surface area contributed by atoms with Crippen LogP contribution in [0.3, 0.4) is 0 Å². The van der Waals surface area contributed by atoms with Crippen molar-refractivity contribution in [2.45, 2.75) is 0 Å². The molecule has 0 aliphatic heterocycles. The number of hydrogen-bond acceptors (Lipinski definition) is 3. The second kappa shape index (κ2) is 4.47. The molecule has 6 heteroatoms. The van der Waals surface area contributed by atoms with Crippen LogP contribution in [0.5, 0.6) is 0 Å². The number of benzene rings is 1. The quantitative estimate of drug-likeness (QED) is 0.789. The van der Waals surface area contributed by atoms with Crippen molar-refractivity contribution in [3.63, 3.8) is 0 Å². The summed E-state index contributed by atoms with van der Waals surface area (Å²) < 4.78 is 2.27. The maximum Gasteiger partial charge on any atom is 0.356 e. The highest BCUT2D eigenvalue weighted by Gasteiger charge is 2.12. The zero-order valence-electron chi connectivity index (χ0n) is 9.62. The summed E-state index contributed by atoms with van der Waals surface area (Å²) >= 11 is 3.40. The number of aromatic carboxylic acids is 1. The van der Waals surface area contributed by atoms with E-state index in [0.717, 1.165) is 10.0 Å². The lowest BCUT2D eigenvalue weighted by molar-refractivity contribution is 0.0688. The van der Waals surface area contributed by atoms with Crippen LogP contribution < -0.4 is 0 Å². The summed E-state index contributed by atoms with van der Waals surface area (Å²) in [4.78, 5) is 15.1. The molecule has 0 saturated carbocycles. The molecule has 2 heterocycles. The van der Waals surface area contributed by atoms with Crippen LogP contribution in [0, 0.1) is 0 Å². The van der Waals surface area contributed by atoms with Crippen molar-refractivity contribution >= 4 is 27.5 Å². The lowest BCUT2D eigenvalue weighted by Gasteiger charge is -2.03. The first-order chi connectivity index (χ1) is 9.15. The van der Waals surface area contributed by atoms with Gasteiger partial charge in [-0.05, 0) is 24.3 Å². The van der Waals surface area contributed by atoms with E-state index in [2.05, 4.69) is 26.0 Å². The number of imidazole rings is 1. The average molecular weight is 318 g/mol. The topological polar surface area (TPSA) is 67.5 Å². The Morgan fingerprint density at radius 2 is 2.11 bits per heavy atom. The highest BCUT2D eigenvalue weighted by molar-refractivity contribution is 9.10. The number of halogens is 1. The SMILES string of the molecule is O=C(O)c1cnc2ccc(-c3cccc(Br)c3)nn12. The maximum atomic E-state index is 11.1. The molecule has 1 aromatic carbocycles. The van der Waals surface area contributed by atoms with Crippen molar-refractivity contribution in [3.05, 3.63) is 52.8 Å². The fourth-order valence-electron chi connectivity index (χ4n) is 1.82. The van der Waals surface area contributed by atoms with E-state index in [1.807, 2.05) is 30.3 Å². The van der Waals surface area contributed by atoms with Crippen LogP contribution in [-0.2, 0) is 0 Å². The molecular weight excluding hydrogens is 310 g/mol. The van der Waals surface area contributed by atoms with Crippen LogP contribution in [-0.4, -0.2) is 25.7 Å². The van der Waals surface area contributed by atoms with Gasteiger partial charge in [0.1, 0.15) is 0 Å². The summed E-state index contributed by atoms with van der Waals surface area (Å²) in [6.07, 6.45) is 1.30. The predicted molar refractivity (Wildman–Crippen MR) is 73.1 cm³/mol. The first-order valence-corrected chi connectivity index (χ1v) is 6.28. The van der Waals surface area contributed by atoms with Gasteiger partial charge in [-0.1, -0.05) is 28.1 Å². The Hall–Kier alpha value is -2.21. The van der Waals surface area contributed by atoms with Crippen molar-refractivity contribution in [1.29, 1.82) is 0 Å². The van der Waals surface area contributed by atoms with Crippen molar-refractivity contribution < 1.29 is 9.90 Å². The van der Waals surface area contributed by atoms with Gasteiger partial charge in [0.2, 0.25) is 0 Å². The van der Waals surface area contributed by atoms with Crippen LogP contribution >= 0.6 is 15.9 Å². The van der Waals surface area contributed by atoms with Crippen LogP contribution in [0.25, 0.3) is 16.9 Å². The molecule has 0 saturated heterocycles. The van der Waals surface area contributed by atoms with E-state index in [0.29, 0.717) is 11.3 Å². The molecule has 0 aliphatic rings. The minimum Gasteiger partial charge on any atom is -0.476 e. The number of fused-ring (bicyclic) bond motifs is 1. The minimum absolute atomic E-state index is 0.0480. The molecule has 0 atom stereocenters. The van der Waals surface area contributed by atoms with Crippen molar-refractivity contribution in [2.24, 2.45) is 0 Å². The number of hydrogen-bond donors (Lipinski definition) is 1. The monoisotopic (exact) mass is 317 g/mol. The molecule has 19 heavy (non-hydrogen) atoms. The third-order valence-electron chi connectivity index (χ3n) is 2.70. The Labute approximate surface area is 116 Å². The van der Waals surface area contributed by atoms with E-state index < -0.39 is 5.97 Å². The van der Waals surface area contributed by atoms with Gasteiger partial charge in [0, 0.05) is 10.0 Å². The van der Waals surface area contributed by atoms with Crippen LogP contribution in [0.1, 0.15) is 10.5 Å². The zero-order chi connectivity index (χ0) is 13.4. The number of rotatable bonds is 2. The minimum atomic E-state index is -1.05. The Bertz CT molecular complexity index is 782. The first kappa shape index (κ1) is 11.9. The normalized spacial score (nSPS) is 10.8. The highest BCUT2D eigenvalue weighted by atomic mass is 79.9. The van der Waals surface area contributed by atoms with Gasteiger partial charge >= 0.3 is 5.97 Å². The van der Waals surface area contributed by atoms with E-state index in [4.69, 9.17) is 5.11 Å². The average Bonchev–Trinajstić information content (AvgIpc) is 2.81. The van der Waals surface area contributed by atoms with E-state index in [1.165, 1.54) is 10.7 Å². The summed E-state index contributed by atoms with van der Waals surface area (Å²) in [5.74, 6) is -1.05. The lowest BCUT2D eigenvalue weighted by Crippen LogP contribution is -2.05. The van der Waals surface area contributed by atoms with Crippen molar-refractivity contribution in [3.8, 4) is 11.3 Å². The van der Waals surface area contributed by atoms with Gasteiger partial charge in [-0.15, -0.1) is 0 Å². The molecule has 94 valence electrons. The fraction of sp³-hybridized carbons (Fsp3) is 0. The fourth-order valence-corrected chi connectivity index (χ4v) is 2.22. The first-order valence-electron chi connectivity index (χ1n) is 5.49. The van der Waals surface area contributed by atoms with Gasteiger partial charge in [-0.25, -0.2) is 14.3 Å². The molecule has 3 aromatic rings. The second-order valence-corrected chi connectivity index (χ2v) is 4.86. The predicted octanol–water partition coefficient (Wildman–Crippen LogP) is 2.86. The highest BCUT2D eigenvalue weighted by Crippen LogP contribution is 2.21. The van der Waals surface area contributed by atoms with E-state index >= 15 is 0 Å². The van der Waals surface area contributed by atoms with Gasteiger partial charge in [-0.3, -0.25) is 0 Å². The Balaban J connectivity index is 2.20. The van der Waals surface area contributed by atoms with Gasteiger partial charge in [0.15, 0.2) is 11.3 Å². The molecule has 0 radical (unpaired) electrons. The molecule has 1 N–H and O–H groups in total. The third kappa shape index (κ3) is 2.10. The van der Waals surface area contributed by atoms with Gasteiger partial charge in [0.25, 0.3) is 0 Å². The molecular formula is C13H8BrN3O2. The van der Waals surface area contributed by atoms with Gasteiger partial charge in [-0.2, -0.15) is 5.10 Å². The molecule has 5 nitrogen and oxygen atoms in total. The van der Waals surface area contributed by atoms with E-state index in [1.54, 1.807) is 6.07 Å². The molecule has 0 bridgehead atoms. The van der Waals surface area contributed by atoms with Crippen molar-refractivity contribution in [2.75, 3.05) is 0 Å². The molecule has 0 spiro atoms. The smallest absolute Gasteiger partial charge is 0.356 e. The molecule has 3 rings (SSSR count). The number of aromatic nitrogens is 3. The maximum absolute atomic E-state index is 11.1. The summed E-state index contributed by atoms with van der Waals surface area (Å²) in [6.45, 7) is 0. The molecule has 2 aromatic heterocycles. The number of nitrogens with zero attached hydrogens (tertiary/aromatic N) is 3. The molecule has 0 amide bonds. The summed E-state index contributed by atoms with van der Waals surface area (Å²) in [7, 11) is 0. The van der Waals surface area contributed by atoms with Gasteiger partial charge in [0.05, 0.1) is 11.9 Å². The summed E-state index contributed by atoms with van der Waals surface area (Å²) in [5, 5.41) is 13.4. The van der Waals surface area contributed by atoms with Gasteiger partial charge < -0.3 is 5.11 Å². The Kier molecular flexibility index (Phi) is 2.79. The van der Waals surface area contributed by atoms with Crippen LogP contribution in [0.4, 0.5) is 0 Å². The second-order valence-electron chi connectivity index (χ2n) is 3.95. The molecule has 0 aliphatic carbocycles. The Morgan fingerprint density at radius 3 is 2.84 bits per heavy atom. The number of carbonyl (C=O) groups is 1. The van der Waals surface area contributed by atoms with Crippen molar-refractivity contribution in [1.82, 2.24) is 14.6 Å². The van der Waals surface area contributed by atoms with Crippen LogP contribution in [0.2, 0.25) is 0 Å². The number of carboxylic acids is 1. The molecule has 0 unspecified atom stereocenters. The number of carboxylic acid groups (broad SMARTS) is 1. The summed E-state index contributed by atoms with van der Waals surface area (Å²) in [6, 6.07) is 11.2. The molecule has 0 fully saturated rings. The Morgan fingerprint density at radius 1 is 1.26 bits per heavy atom. The third-order valence-corrected chi connectivity index (χ3v) is 3.20. The van der Waals surface area contributed by atoms with E-state index in [9.17, 15) is 4.79 Å². The van der Waals surface area contributed by atoms with E-state index in [-0.39, 0.29) is 5.69 Å². The summed E-state index contributed by atoms with van der Waals surface area (Å²) in [5.41, 5.74) is 2.15. The standard InChI is InChI=1S/C13H8BrN3O2/c14-9-3-1-2-8(6-9)10-4-5-12-15-7-11(13(18)19)17(12)16-10/h1-7H,(H,18,19). The van der Waals surface area contributed by atoms with Crippen LogP contribution in [0.15, 0.2) is 47.1 Å². The lowest BCUT2D eigenvalue weighted by atomic mass is 10.1. The zero-order valence-corrected chi connectivity index (χ0v) is 11.2.